The van der Waals surface area contributed by atoms with Crippen molar-refractivity contribution in [3.8, 4) is 0 Å². The monoisotopic (exact) mass is 265 g/mol. The molecule has 0 aliphatic carbocycles. The summed E-state index contributed by atoms with van der Waals surface area (Å²) in [6, 6.07) is 6.14. The Morgan fingerprint density at radius 3 is 2.79 bits per heavy atom. The van der Waals surface area contributed by atoms with Crippen molar-refractivity contribution in [3.05, 3.63) is 34.4 Å². The van der Waals surface area contributed by atoms with Gasteiger partial charge in [0.2, 0.25) is 0 Å². The molecule has 1 aromatic carbocycles. The summed E-state index contributed by atoms with van der Waals surface area (Å²) in [5.74, 6) is -0.381. The first-order valence-corrected chi connectivity index (χ1v) is 5.72. The number of esters is 1. The predicted molar refractivity (Wildman–Crippen MR) is 71.1 cm³/mol. The van der Waals surface area contributed by atoms with E-state index in [1.54, 1.807) is 32.0 Å². The molecular weight excluding hydrogens is 250 g/mol. The number of rotatable bonds is 6. The van der Waals surface area contributed by atoms with Crippen molar-refractivity contribution in [2.75, 3.05) is 12.0 Å². The lowest BCUT2D eigenvalue weighted by atomic mass is 10.3. The van der Waals surface area contributed by atoms with Crippen LogP contribution in [0.25, 0.3) is 0 Å². The molecule has 1 aromatic rings. The molecule has 19 heavy (non-hydrogen) atoms. The average molecular weight is 265 g/mol. The number of benzene rings is 1. The summed E-state index contributed by atoms with van der Waals surface area (Å²) in [6.45, 7) is 3.67. The number of hydrogen-bond donors (Lipinski definition) is 1. The van der Waals surface area contributed by atoms with Crippen LogP contribution in [-0.2, 0) is 9.53 Å². The second-order valence-electron chi connectivity index (χ2n) is 3.71. The fraction of sp³-hybridized carbons (Fsp3) is 0.333. The normalized spacial score (nSPS) is 10.9. The van der Waals surface area contributed by atoms with Crippen LogP contribution in [0.2, 0.25) is 0 Å². The molecule has 0 unspecified atom stereocenters. The van der Waals surface area contributed by atoms with Gasteiger partial charge in [-0.25, -0.2) is 0 Å². The second kappa shape index (κ2) is 7.10. The number of nitro groups is 1. The van der Waals surface area contributed by atoms with Crippen molar-refractivity contribution in [2.24, 2.45) is 5.10 Å². The minimum absolute atomic E-state index is 0.0431. The van der Waals surface area contributed by atoms with E-state index in [-0.39, 0.29) is 23.8 Å². The average Bonchev–Trinajstić information content (AvgIpc) is 2.36. The van der Waals surface area contributed by atoms with Crippen molar-refractivity contribution < 1.29 is 14.5 Å². The molecule has 1 N–H and O–H groups in total. The van der Waals surface area contributed by atoms with Crippen molar-refractivity contribution in [1.29, 1.82) is 0 Å². The van der Waals surface area contributed by atoms with Gasteiger partial charge in [-0.1, -0.05) is 12.1 Å². The van der Waals surface area contributed by atoms with Crippen LogP contribution >= 0.6 is 0 Å². The standard InChI is InChI=1S/C12H15N3O4/c1-3-19-12(16)8-9(2)13-14-10-6-4-5-7-11(10)15(17)18/h4-7,14H,3,8H2,1-2H3/b13-9+. The van der Waals surface area contributed by atoms with Gasteiger partial charge < -0.3 is 4.74 Å². The van der Waals surface area contributed by atoms with Gasteiger partial charge in [0.1, 0.15) is 5.69 Å². The first-order chi connectivity index (χ1) is 9.04. The van der Waals surface area contributed by atoms with Gasteiger partial charge in [0.25, 0.3) is 5.69 Å². The lowest BCUT2D eigenvalue weighted by Gasteiger charge is -2.04. The van der Waals surface area contributed by atoms with Crippen molar-refractivity contribution >= 4 is 23.1 Å². The van der Waals surface area contributed by atoms with Gasteiger partial charge in [-0.3, -0.25) is 20.3 Å². The quantitative estimate of drug-likeness (QED) is 0.368. The summed E-state index contributed by atoms with van der Waals surface area (Å²) in [6.07, 6.45) is 0.0431. The van der Waals surface area contributed by atoms with Crippen LogP contribution in [0.5, 0.6) is 0 Å². The Labute approximate surface area is 110 Å². The summed E-state index contributed by atoms with van der Waals surface area (Å²) in [4.78, 5) is 21.5. The van der Waals surface area contributed by atoms with Crippen LogP contribution in [0.4, 0.5) is 11.4 Å². The highest BCUT2D eigenvalue weighted by Gasteiger charge is 2.11. The van der Waals surface area contributed by atoms with Crippen LogP contribution in [0, 0.1) is 10.1 Å². The third-order valence-electron chi connectivity index (χ3n) is 2.17. The lowest BCUT2D eigenvalue weighted by molar-refractivity contribution is -0.384. The Morgan fingerprint density at radius 2 is 2.16 bits per heavy atom. The molecule has 0 saturated heterocycles. The first kappa shape index (κ1) is 14.6. The second-order valence-corrected chi connectivity index (χ2v) is 3.71. The van der Waals surface area contributed by atoms with Crippen LogP contribution < -0.4 is 5.43 Å². The Kier molecular flexibility index (Phi) is 5.46. The largest absolute Gasteiger partial charge is 0.466 e. The summed E-state index contributed by atoms with van der Waals surface area (Å²) < 4.78 is 4.77. The number of hydrogen-bond acceptors (Lipinski definition) is 6. The molecular formula is C12H15N3O4. The minimum atomic E-state index is -0.501. The number of hydrazone groups is 1. The molecule has 102 valence electrons. The number of ether oxygens (including phenoxy) is 1. The zero-order valence-electron chi connectivity index (χ0n) is 10.8. The summed E-state index contributed by atoms with van der Waals surface area (Å²) >= 11 is 0. The van der Waals surface area contributed by atoms with E-state index in [1.165, 1.54) is 6.07 Å². The molecule has 0 aliphatic heterocycles. The number of carbonyl (C=O) groups excluding carboxylic acids is 1. The molecule has 0 bridgehead atoms. The van der Waals surface area contributed by atoms with Crippen molar-refractivity contribution in [3.63, 3.8) is 0 Å². The molecule has 7 heteroatoms. The molecule has 0 aromatic heterocycles. The summed E-state index contributed by atoms with van der Waals surface area (Å²) in [5, 5.41) is 14.7. The summed E-state index contributed by atoms with van der Waals surface area (Å²) in [7, 11) is 0. The number of nitrogens with zero attached hydrogens (tertiary/aromatic N) is 2. The van der Waals surface area contributed by atoms with E-state index >= 15 is 0 Å². The zero-order chi connectivity index (χ0) is 14.3. The highest BCUT2D eigenvalue weighted by molar-refractivity contribution is 5.97. The molecule has 0 amide bonds. The van der Waals surface area contributed by atoms with E-state index in [9.17, 15) is 14.9 Å². The number of anilines is 1. The van der Waals surface area contributed by atoms with E-state index in [1.807, 2.05) is 0 Å². The van der Waals surface area contributed by atoms with Gasteiger partial charge in [-0.05, 0) is 19.9 Å². The molecule has 7 nitrogen and oxygen atoms in total. The SMILES string of the molecule is CCOC(=O)C/C(C)=N/Nc1ccccc1[N+](=O)[O-]. The molecule has 0 heterocycles. The van der Waals surface area contributed by atoms with Gasteiger partial charge in [0.05, 0.1) is 18.0 Å². The predicted octanol–water partition coefficient (Wildman–Crippen LogP) is 2.34. The maximum atomic E-state index is 11.2. The molecule has 0 atom stereocenters. The van der Waals surface area contributed by atoms with Gasteiger partial charge in [-0.2, -0.15) is 5.10 Å². The number of para-hydroxylation sites is 2. The summed E-state index contributed by atoms with van der Waals surface area (Å²) in [5.41, 5.74) is 3.26. The fourth-order valence-corrected chi connectivity index (χ4v) is 1.34. The van der Waals surface area contributed by atoms with Gasteiger partial charge in [-0.15, -0.1) is 0 Å². The molecule has 0 fully saturated rings. The molecule has 0 radical (unpaired) electrons. The highest BCUT2D eigenvalue weighted by atomic mass is 16.6. The van der Waals surface area contributed by atoms with Crippen LogP contribution in [0.1, 0.15) is 20.3 Å². The number of carbonyl (C=O) groups is 1. The van der Waals surface area contributed by atoms with E-state index in [0.717, 1.165) is 0 Å². The maximum absolute atomic E-state index is 11.2. The first-order valence-electron chi connectivity index (χ1n) is 5.72. The maximum Gasteiger partial charge on any atom is 0.311 e. The minimum Gasteiger partial charge on any atom is -0.466 e. The Hall–Kier alpha value is -2.44. The van der Waals surface area contributed by atoms with E-state index in [0.29, 0.717) is 12.3 Å². The van der Waals surface area contributed by atoms with E-state index in [4.69, 9.17) is 4.74 Å². The van der Waals surface area contributed by atoms with Gasteiger partial charge >= 0.3 is 5.97 Å². The fourth-order valence-electron chi connectivity index (χ4n) is 1.34. The number of nitro benzene ring substituents is 1. The van der Waals surface area contributed by atoms with E-state index < -0.39 is 4.92 Å². The van der Waals surface area contributed by atoms with E-state index in [2.05, 4.69) is 10.5 Å². The molecule has 0 aliphatic rings. The highest BCUT2D eigenvalue weighted by Crippen LogP contribution is 2.22. The van der Waals surface area contributed by atoms with Gasteiger partial charge in [0.15, 0.2) is 0 Å². The topological polar surface area (TPSA) is 93.8 Å². The van der Waals surface area contributed by atoms with Gasteiger partial charge in [0, 0.05) is 11.8 Å². The molecule has 0 saturated carbocycles. The Balaban J connectivity index is 2.70. The lowest BCUT2D eigenvalue weighted by Crippen LogP contribution is -2.10. The Bertz CT molecular complexity index is 500. The van der Waals surface area contributed by atoms with Crippen LogP contribution in [0.15, 0.2) is 29.4 Å². The molecule has 0 spiro atoms. The molecule has 1 rings (SSSR count). The van der Waals surface area contributed by atoms with Crippen LogP contribution in [-0.4, -0.2) is 23.2 Å². The smallest absolute Gasteiger partial charge is 0.311 e. The van der Waals surface area contributed by atoms with Crippen molar-refractivity contribution in [2.45, 2.75) is 20.3 Å². The zero-order valence-corrected chi connectivity index (χ0v) is 10.8. The third kappa shape index (κ3) is 4.74. The van der Waals surface area contributed by atoms with Crippen LogP contribution in [0.3, 0.4) is 0 Å². The third-order valence-corrected chi connectivity index (χ3v) is 2.17. The van der Waals surface area contributed by atoms with Crippen molar-refractivity contribution in [1.82, 2.24) is 0 Å². The Morgan fingerprint density at radius 1 is 1.47 bits per heavy atom. The number of nitrogens with one attached hydrogen (secondary N) is 1.